The average Bonchev–Trinajstić information content (AvgIpc) is 3.14. The zero-order chi connectivity index (χ0) is 21.8. The van der Waals surface area contributed by atoms with E-state index in [0.717, 1.165) is 41.2 Å². The molecule has 0 heterocycles. The highest BCUT2D eigenvalue weighted by Crippen LogP contribution is 2.33. The number of carbonyl (C=O) groups is 1. The van der Waals surface area contributed by atoms with Gasteiger partial charge in [-0.25, -0.2) is 4.79 Å². The maximum atomic E-state index is 12.9. The molecule has 0 saturated heterocycles. The van der Waals surface area contributed by atoms with Crippen molar-refractivity contribution in [1.82, 2.24) is 5.32 Å². The van der Waals surface area contributed by atoms with E-state index in [0.29, 0.717) is 12.0 Å². The highest BCUT2D eigenvalue weighted by Gasteiger charge is 2.30. The molecule has 0 saturated carbocycles. The lowest BCUT2D eigenvalue weighted by Crippen LogP contribution is -2.27. The van der Waals surface area contributed by atoms with E-state index in [1.165, 1.54) is 12.1 Å². The van der Waals surface area contributed by atoms with Crippen LogP contribution in [0.5, 0.6) is 0 Å². The molecule has 3 aromatic carbocycles. The molecule has 1 aliphatic rings. The van der Waals surface area contributed by atoms with Crippen molar-refractivity contribution < 1.29 is 22.7 Å². The summed E-state index contributed by atoms with van der Waals surface area (Å²) in [5.74, 6) is 0. The fourth-order valence-electron chi connectivity index (χ4n) is 3.93. The molecular formula is C25H22F3NO2. The van der Waals surface area contributed by atoms with Gasteiger partial charge in [0.2, 0.25) is 0 Å². The van der Waals surface area contributed by atoms with Gasteiger partial charge in [-0.1, -0.05) is 66.7 Å². The van der Waals surface area contributed by atoms with Crippen LogP contribution in [-0.4, -0.2) is 6.09 Å². The first kappa shape index (κ1) is 21.0. The summed E-state index contributed by atoms with van der Waals surface area (Å²) in [4.78, 5) is 12.2. The number of aryl methyl sites for hydroxylation is 1. The molecular weight excluding hydrogens is 403 g/mol. The molecule has 0 aliphatic heterocycles. The number of halogens is 3. The van der Waals surface area contributed by atoms with Crippen LogP contribution in [0.25, 0.3) is 0 Å². The molecule has 0 spiro atoms. The van der Waals surface area contributed by atoms with Crippen molar-refractivity contribution in [2.24, 2.45) is 0 Å². The number of hydrogen-bond donors (Lipinski definition) is 1. The number of hydrogen-bond acceptors (Lipinski definition) is 2. The lowest BCUT2D eigenvalue weighted by molar-refractivity contribution is -0.137. The fraction of sp³-hybridized carbons (Fsp3) is 0.240. The van der Waals surface area contributed by atoms with Gasteiger partial charge in [-0.3, -0.25) is 0 Å². The maximum absolute atomic E-state index is 12.9. The molecule has 0 aromatic heterocycles. The van der Waals surface area contributed by atoms with Crippen LogP contribution in [0.1, 0.15) is 45.8 Å². The summed E-state index contributed by atoms with van der Waals surface area (Å²) in [6, 6.07) is 20.6. The quantitative estimate of drug-likeness (QED) is 0.528. The van der Waals surface area contributed by atoms with Crippen molar-refractivity contribution in [3.05, 3.63) is 106 Å². The number of alkyl carbamates (subject to hydrolysis) is 1. The molecule has 4 rings (SSSR count). The third kappa shape index (κ3) is 5.26. The van der Waals surface area contributed by atoms with Gasteiger partial charge in [0.15, 0.2) is 0 Å². The minimum atomic E-state index is -4.35. The summed E-state index contributed by atoms with van der Waals surface area (Å²) >= 11 is 0. The lowest BCUT2D eigenvalue weighted by atomic mass is 9.98. The van der Waals surface area contributed by atoms with Crippen molar-refractivity contribution >= 4 is 6.09 Å². The largest absolute Gasteiger partial charge is 0.445 e. The number of ether oxygens (including phenoxy) is 1. The smallest absolute Gasteiger partial charge is 0.416 e. The topological polar surface area (TPSA) is 38.3 Å². The summed E-state index contributed by atoms with van der Waals surface area (Å²) in [7, 11) is 0. The van der Waals surface area contributed by atoms with E-state index in [-0.39, 0.29) is 12.6 Å². The first-order chi connectivity index (χ1) is 14.9. The van der Waals surface area contributed by atoms with E-state index in [2.05, 4.69) is 5.32 Å². The summed E-state index contributed by atoms with van der Waals surface area (Å²) in [5, 5.41) is 2.91. The van der Waals surface area contributed by atoms with Crippen LogP contribution in [0.3, 0.4) is 0 Å². The number of amides is 1. The van der Waals surface area contributed by atoms with E-state index in [4.69, 9.17) is 4.74 Å². The molecule has 1 unspecified atom stereocenters. The van der Waals surface area contributed by atoms with Crippen molar-refractivity contribution in [3.8, 4) is 0 Å². The molecule has 1 atom stereocenters. The van der Waals surface area contributed by atoms with Crippen LogP contribution in [0.4, 0.5) is 18.0 Å². The number of fused-ring (bicyclic) bond motifs is 1. The summed E-state index contributed by atoms with van der Waals surface area (Å²) in [5.41, 5.74) is 3.99. The van der Waals surface area contributed by atoms with Gasteiger partial charge in [0, 0.05) is 0 Å². The van der Waals surface area contributed by atoms with Gasteiger partial charge in [0.25, 0.3) is 0 Å². The number of rotatable bonds is 5. The molecule has 160 valence electrons. The number of benzene rings is 3. The molecule has 3 aromatic rings. The van der Waals surface area contributed by atoms with E-state index in [9.17, 15) is 18.0 Å². The van der Waals surface area contributed by atoms with Gasteiger partial charge >= 0.3 is 12.3 Å². The maximum Gasteiger partial charge on any atom is 0.416 e. The number of alkyl halides is 3. The van der Waals surface area contributed by atoms with Gasteiger partial charge in [-0.05, 0) is 53.1 Å². The normalized spacial score (nSPS) is 15.4. The second-order valence-corrected chi connectivity index (χ2v) is 7.71. The number of nitrogens with one attached hydrogen (secondary N) is 1. The van der Waals surface area contributed by atoms with Crippen LogP contribution < -0.4 is 5.32 Å². The zero-order valence-corrected chi connectivity index (χ0v) is 16.8. The van der Waals surface area contributed by atoms with Crippen molar-refractivity contribution in [2.45, 2.75) is 38.1 Å². The second-order valence-electron chi connectivity index (χ2n) is 7.71. The Kier molecular flexibility index (Phi) is 5.98. The Morgan fingerprint density at radius 3 is 2.45 bits per heavy atom. The predicted octanol–water partition coefficient (Wildman–Crippen LogP) is 6.21. The van der Waals surface area contributed by atoms with Gasteiger partial charge in [0.05, 0.1) is 11.6 Å². The standard InChI is InChI=1S/C25H22F3NO2/c26-25(27,28)21-8-4-7-18(15-21)13-19-9-11-22-20(14-19)10-12-23(22)29-24(30)31-16-17-5-2-1-3-6-17/h1-9,11,14-15,23H,10,12-13,16H2,(H,29,30). The highest BCUT2D eigenvalue weighted by atomic mass is 19.4. The van der Waals surface area contributed by atoms with Crippen LogP contribution >= 0.6 is 0 Å². The second kappa shape index (κ2) is 8.84. The van der Waals surface area contributed by atoms with E-state index in [1.807, 2.05) is 48.5 Å². The molecule has 0 bridgehead atoms. The van der Waals surface area contributed by atoms with Crippen LogP contribution in [-0.2, 0) is 30.4 Å². The Morgan fingerprint density at radius 2 is 1.68 bits per heavy atom. The minimum Gasteiger partial charge on any atom is -0.445 e. The molecule has 0 radical (unpaired) electrons. The SMILES string of the molecule is O=C(NC1CCc2cc(Cc3cccc(C(F)(F)F)c3)ccc21)OCc1ccccc1. The Labute approximate surface area is 178 Å². The summed E-state index contributed by atoms with van der Waals surface area (Å²) in [6.07, 6.45) is -2.82. The zero-order valence-electron chi connectivity index (χ0n) is 16.8. The van der Waals surface area contributed by atoms with Gasteiger partial charge in [-0.2, -0.15) is 13.2 Å². The van der Waals surface area contributed by atoms with Crippen LogP contribution in [0.2, 0.25) is 0 Å². The molecule has 31 heavy (non-hydrogen) atoms. The Hall–Kier alpha value is -3.28. The van der Waals surface area contributed by atoms with Gasteiger partial charge in [-0.15, -0.1) is 0 Å². The minimum absolute atomic E-state index is 0.124. The first-order valence-corrected chi connectivity index (χ1v) is 10.1. The van der Waals surface area contributed by atoms with Crippen molar-refractivity contribution in [2.75, 3.05) is 0 Å². The molecule has 3 nitrogen and oxygen atoms in total. The average molecular weight is 425 g/mol. The molecule has 0 fully saturated rings. The summed E-state index contributed by atoms with van der Waals surface area (Å²) < 4.78 is 44.1. The molecule has 6 heteroatoms. The molecule has 1 N–H and O–H groups in total. The highest BCUT2D eigenvalue weighted by molar-refractivity contribution is 5.68. The van der Waals surface area contributed by atoms with Crippen molar-refractivity contribution in [3.63, 3.8) is 0 Å². The van der Waals surface area contributed by atoms with Crippen molar-refractivity contribution in [1.29, 1.82) is 0 Å². The van der Waals surface area contributed by atoms with E-state index < -0.39 is 17.8 Å². The van der Waals surface area contributed by atoms with E-state index >= 15 is 0 Å². The summed E-state index contributed by atoms with van der Waals surface area (Å²) in [6.45, 7) is 0.210. The first-order valence-electron chi connectivity index (χ1n) is 10.1. The Bertz CT molecular complexity index is 1060. The van der Waals surface area contributed by atoms with E-state index in [1.54, 1.807) is 6.07 Å². The van der Waals surface area contributed by atoms with Gasteiger partial charge < -0.3 is 10.1 Å². The third-order valence-electron chi connectivity index (χ3n) is 5.45. The van der Waals surface area contributed by atoms with Crippen LogP contribution in [0.15, 0.2) is 72.8 Å². The Morgan fingerprint density at radius 1 is 0.935 bits per heavy atom. The fourth-order valence-corrected chi connectivity index (χ4v) is 3.93. The predicted molar refractivity (Wildman–Crippen MR) is 112 cm³/mol. The number of carbonyl (C=O) groups excluding carboxylic acids is 1. The van der Waals surface area contributed by atoms with Crippen LogP contribution in [0, 0.1) is 0 Å². The monoisotopic (exact) mass is 425 g/mol. The Balaban J connectivity index is 1.38. The third-order valence-corrected chi connectivity index (χ3v) is 5.45. The molecule has 1 amide bonds. The lowest BCUT2D eigenvalue weighted by Gasteiger charge is -2.15. The van der Waals surface area contributed by atoms with Gasteiger partial charge in [0.1, 0.15) is 6.61 Å². The molecule has 1 aliphatic carbocycles.